The van der Waals surface area contributed by atoms with Gasteiger partial charge in [-0.3, -0.25) is 14.4 Å². The molecule has 0 saturated heterocycles. The Morgan fingerprint density at radius 3 is 2.44 bits per heavy atom. The molecule has 2 aliphatic heterocycles. The van der Waals surface area contributed by atoms with Crippen molar-refractivity contribution in [2.24, 2.45) is 5.92 Å². The van der Waals surface area contributed by atoms with E-state index in [0.29, 0.717) is 27.8 Å². The topological polar surface area (TPSA) is 104 Å². The third-order valence-corrected chi connectivity index (χ3v) is 8.36. The average Bonchev–Trinajstić information content (AvgIpc) is 3.52. The summed E-state index contributed by atoms with van der Waals surface area (Å²) in [6.07, 6.45) is 0.182. The molecule has 1 amide bonds. The molecule has 1 aromatic heterocycles. The van der Waals surface area contributed by atoms with Crippen molar-refractivity contribution in [2.45, 2.75) is 31.3 Å². The quantitative estimate of drug-likeness (QED) is 0.400. The molecule has 0 saturated carbocycles. The van der Waals surface area contributed by atoms with E-state index in [9.17, 15) is 14.4 Å². The third kappa shape index (κ3) is 3.62. The van der Waals surface area contributed by atoms with E-state index < -0.39 is 29.0 Å². The number of furan rings is 1. The maximum absolute atomic E-state index is 14.4. The molecular formula is C29H23Cl2NO7. The Hall–Kier alpha value is -3.75. The minimum absolute atomic E-state index is 0.0381. The van der Waals surface area contributed by atoms with Crippen LogP contribution in [0.15, 0.2) is 58.2 Å². The Bertz CT molecular complexity index is 1610. The molecule has 3 heterocycles. The number of ketones is 2. The third-order valence-electron chi connectivity index (χ3n) is 7.67. The normalized spacial score (nSPS) is 23.9. The van der Waals surface area contributed by atoms with Crippen LogP contribution in [0.25, 0.3) is 11.3 Å². The van der Waals surface area contributed by atoms with Crippen LogP contribution in [0.3, 0.4) is 0 Å². The number of rotatable bonds is 4. The van der Waals surface area contributed by atoms with Crippen molar-refractivity contribution in [1.29, 1.82) is 0 Å². The van der Waals surface area contributed by atoms with Crippen LogP contribution in [0.5, 0.6) is 17.2 Å². The number of carbonyl (C=O) groups is 3. The van der Waals surface area contributed by atoms with Gasteiger partial charge in [-0.1, -0.05) is 42.3 Å². The lowest BCUT2D eigenvalue weighted by Gasteiger charge is -2.41. The van der Waals surface area contributed by atoms with Crippen molar-refractivity contribution < 1.29 is 33.0 Å². The van der Waals surface area contributed by atoms with Crippen molar-refractivity contribution in [3.05, 3.63) is 75.1 Å². The summed E-state index contributed by atoms with van der Waals surface area (Å²) in [6, 6.07) is 12.2. The number of allylic oxidation sites excluding steroid dienone is 1. The molecule has 1 N–H and O–H groups in total. The second kappa shape index (κ2) is 9.17. The molecule has 3 atom stereocenters. The number of hydrogen-bond donors (Lipinski definition) is 1. The number of amides is 1. The summed E-state index contributed by atoms with van der Waals surface area (Å²) in [6.45, 7) is 1.74. The molecule has 6 rings (SSSR count). The highest BCUT2D eigenvalue weighted by Crippen LogP contribution is 2.55. The average molecular weight is 568 g/mol. The minimum atomic E-state index is -1.89. The Kier molecular flexibility index (Phi) is 6.00. The molecular weight excluding hydrogens is 545 g/mol. The standard InChI is InChI=1S/C29H23Cl2NO7/c1-13-10-17-23(15(11-22(33)32-17)19-9-8-18(38-19)14-6-4-5-7-16(14)30)27(34)29(13)28(35)24-20(36-2)12-21(37-3)25(31)26(24)39-29/h4-9,12-13,15H,10-11H2,1-3H3,(H,32,33). The van der Waals surface area contributed by atoms with Gasteiger partial charge in [0.05, 0.1) is 25.2 Å². The number of hydrogen-bond acceptors (Lipinski definition) is 7. The number of Topliss-reactive ketones (excluding diaryl/α,β-unsaturated/α-hetero) is 2. The Morgan fingerprint density at radius 2 is 1.72 bits per heavy atom. The van der Waals surface area contributed by atoms with E-state index in [0.717, 1.165) is 0 Å². The molecule has 3 unspecified atom stereocenters. The lowest BCUT2D eigenvalue weighted by atomic mass is 9.67. The molecule has 3 aromatic rings. The van der Waals surface area contributed by atoms with Crippen LogP contribution in [-0.4, -0.2) is 37.3 Å². The lowest BCUT2D eigenvalue weighted by Crippen LogP contribution is -2.59. The molecule has 2 aromatic carbocycles. The number of nitrogens with one attached hydrogen (secondary N) is 1. The summed E-state index contributed by atoms with van der Waals surface area (Å²) in [5, 5.41) is 3.42. The summed E-state index contributed by atoms with van der Waals surface area (Å²) < 4.78 is 23.2. The molecule has 200 valence electrons. The Labute approximate surface area is 233 Å². The van der Waals surface area contributed by atoms with Gasteiger partial charge in [-0.05, 0) is 30.7 Å². The van der Waals surface area contributed by atoms with Crippen molar-refractivity contribution in [3.8, 4) is 28.6 Å². The van der Waals surface area contributed by atoms with Gasteiger partial charge in [0.15, 0.2) is 5.75 Å². The zero-order chi connectivity index (χ0) is 27.6. The maximum Gasteiger partial charge on any atom is 0.236 e. The van der Waals surface area contributed by atoms with E-state index in [4.69, 9.17) is 41.8 Å². The molecule has 0 bridgehead atoms. The Morgan fingerprint density at radius 1 is 0.974 bits per heavy atom. The summed E-state index contributed by atoms with van der Waals surface area (Å²) >= 11 is 12.9. The fourth-order valence-electron chi connectivity index (χ4n) is 5.78. The van der Waals surface area contributed by atoms with Crippen LogP contribution in [0.2, 0.25) is 10.0 Å². The van der Waals surface area contributed by atoms with Crippen LogP contribution in [0.1, 0.15) is 41.8 Å². The molecule has 1 spiro atoms. The maximum atomic E-state index is 14.4. The highest BCUT2D eigenvalue weighted by molar-refractivity contribution is 6.36. The molecule has 1 aliphatic carbocycles. The zero-order valence-corrected chi connectivity index (χ0v) is 22.7. The van der Waals surface area contributed by atoms with Crippen molar-refractivity contribution in [3.63, 3.8) is 0 Å². The van der Waals surface area contributed by atoms with Gasteiger partial charge in [-0.15, -0.1) is 0 Å². The monoisotopic (exact) mass is 567 g/mol. The molecule has 8 nitrogen and oxygen atoms in total. The van der Waals surface area contributed by atoms with Gasteiger partial charge in [0, 0.05) is 35.2 Å². The van der Waals surface area contributed by atoms with Crippen LogP contribution in [-0.2, 0) is 9.59 Å². The minimum Gasteiger partial charge on any atom is -0.496 e. The summed E-state index contributed by atoms with van der Waals surface area (Å²) in [4.78, 5) is 41.2. The van der Waals surface area contributed by atoms with E-state index in [2.05, 4.69) is 5.32 Å². The fourth-order valence-corrected chi connectivity index (χ4v) is 6.27. The van der Waals surface area contributed by atoms with Gasteiger partial charge in [0.25, 0.3) is 0 Å². The number of carbonyl (C=O) groups excluding carboxylic acids is 3. The van der Waals surface area contributed by atoms with Crippen molar-refractivity contribution >= 4 is 40.7 Å². The fraction of sp³-hybridized carbons (Fsp3) is 0.276. The van der Waals surface area contributed by atoms with Gasteiger partial charge in [0.1, 0.15) is 33.6 Å². The first kappa shape index (κ1) is 25.5. The summed E-state index contributed by atoms with van der Waals surface area (Å²) in [7, 11) is 2.84. The van der Waals surface area contributed by atoms with Gasteiger partial charge in [-0.2, -0.15) is 0 Å². The van der Waals surface area contributed by atoms with Gasteiger partial charge < -0.3 is 23.9 Å². The number of methoxy groups -OCH3 is 2. The van der Waals surface area contributed by atoms with Gasteiger partial charge >= 0.3 is 0 Å². The second-order valence-corrected chi connectivity index (χ2v) is 10.6. The smallest absolute Gasteiger partial charge is 0.236 e. The van der Waals surface area contributed by atoms with E-state index in [-0.39, 0.29) is 52.2 Å². The number of benzene rings is 2. The second-order valence-electron chi connectivity index (χ2n) is 9.78. The predicted molar refractivity (Wildman–Crippen MR) is 143 cm³/mol. The van der Waals surface area contributed by atoms with Crippen LogP contribution < -0.4 is 19.5 Å². The lowest BCUT2D eigenvalue weighted by molar-refractivity contribution is -0.131. The SMILES string of the molecule is COc1cc(OC)c2c(c1Cl)OC1(C(=O)C3=C(CC1C)NC(=O)CC3c1ccc(-c3ccccc3Cl)o1)C2=O. The molecule has 10 heteroatoms. The highest BCUT2D eigenvalue weighted by Gasteiger charge is 2.63. The zero-order valence-electron chi connectivity index (χ0n) is 21.2. The van der Waals surface area contributed by atoms with Crippen LogP contribution >= 0.6 is 23.2 Å². The number of ether oxygens (including phenoxy) is 3. The van der Waals surface area contributed by atoms with E-state index >= 15 is 0 Å². The number of fused-ring (bicyclic) bond motifs is 1. The first-order valence-electron chi connectivity index (χ1n) is 12.3. The van der Waals surface area contributed by atoms with Gasteiger partial charge in [-0.25, -0.2) is 0 Å². The summed E-state index contributed by atoms with van der Waals surface area (Å²) in [5.41, 5.74) is -0.388. The number of halogens is 2. The largest absolute Gasteiger partial charge is 0.496 e. The highest BCUT2D eigenvalue weighted by atomic mass is 35.5. The molecule has 3 aliphatic rings. The van der Waals surface area contributed by atoms with E-state index in [1.165, 1.54) is 20.3 Å². The Balaban J connectivity index is 1.46. The van der Waals surface area contributed by atoms with E-state index in [1.54, 1.807) is 25.1 Å². The molecule has 0 fully saturated rings. The van der Waals surface area contributed by atoms with Crippen LogP contribution in [0, 0.1) is 5.92 Å². The van der Waals surface area contributed by atoms with E-state index in [1.807, 2.05) is 18.2 Å². The van der Waals surface area contributed by atoms with Crippen LogP contribution in [0.4, 0.5) is 0 Å². The first-order chi connectivity index (χ1) is 18.7. The van der Waals surface area contributed by atoms with Crippen molar-refractivity contribution in [1.82, 2.24) is 5.32 Å². The molecule has 0 radical (unpaired) electrons. The first-order valence-corrected chi connectivity index (χ1v) is 13.1. The summed E-state index contributed by atoms with van der Waals surface area (Å²) in [5.74, 6) is -1.30. The predicted octanol–water partition coefficient (Wildman–Crippen LogP) is 5.75. The molecule has 39 heavy (non-hydrogen) atoms. The van der Waals surface area contributed by atoms with Gasteiger partial charge in [0.2, 0.25) is 23.1 Å². The van der Waals surface area contributed by atoms with Crippen molar-refractivity contribution in [2.75, 3.05) is 14.2 Å².